The Labute approximate surface area is 197 Å². The third-order valence-corrected chi connectivity index (χ3v) is 5.90. The van der Waals surface area contributed by atoms with Gasteiger partial charge in [-0.15, -0.1) is 0 Å². The molecule has 0 spiro atoms. The highest BCUT2D eigenvalue weighted by Gasteiger charge is 2.31. The number of fused-ring (bicyclic) bond motifs is 3. The largest absolute Gasteiger partial charge is 0.416 e. The van der Waals surface area contributed by atoms with E-state index < -0.39 is 17.4 Å². The van der Waals surface area contributed by atoms with Gasteiger partial charge in [-0.25, -0.2) is 4.79 Å². The molecule has 0 amide bonds. The van der Waals surface area contributed by atoms with E-state index in [4.69, 9.17) is 0 Å². The molecule has 0 aliphatic carbocycles. The molecule has 0 radical (unpaired) electrons. The highest BCUT2D eigenvalue weighted by Crippen LogP contribution is 2.33. The average Bonchev–Trinajstić information content (AvgIpc) is 3.09. The van der Waals surface area contributed by atoms with Gasteiger partial charge in [0.25, 0.3) is 0 Å². The Morgan fingerprint density at radius 1 is 0.971 bits per heavy atom. The number of alkyl halides is 3. The minimum atomic E-state index is -4.54. The lowest BCUT2D eigenvalue weighted by Crippen LogP contribution is -2.21. The second kappa shape index (κ2) is 8.19. The lowest BCUT2D eigenvalue weighted by Gasteiger charge is -2.11. The first kappa shape index (κ1) is 22.5. The number of rotatable bonds is 4. The van der Waals surface area contributed by atoms with E-state index in [-0.39, 0.29) is 17.9 Å². The van der Waals surface area contributed by atoms with E-state index in [1.165, 1.54) is 28.2 Å². The zero-order valence-electron chi connectivity index (χ0n) is 18.8. The number of pyridine rings is 2. The SMILES string of the molecule is CC(=O)Cc1ccc(-c2ccc3ncc4c(c3c2)n(-c2cccc(C(F)(F)F)c2)c(=O)n4C)cn1. The number of hydrogen-bond donors (Lipinski definition) is 0. The molecule has 35 heavy (non-hydrogen) atoms. The summed E-state index contributed by atoms with van der Waals surface area (Å²) in [4.78, 5) is 33.3. The first-order valence-corrected chi connectivity index (χ1v) is 10.8. The van der Waals surface area contributed by atoms with Crippen LogP contribution in [0.2, 0.25) is 0 Å². The molecule has 0 atom stereocenters. The Bertz CT molecular complexity index is 1670. The van der Waals surface area contributed by atoms with Crippen LogP contribution in [0.3, 0.4) is 0 Å². The van der Waals surface area contributed by atoms with Crippen molar-refractivity contribution in [1.29, 1.82) is 0 Å². The molecule has 0 fully saturated rings. The van der Waals surface area contributed by atoms with Gasteiger partial charge >= 0.3 is 11.9 Å². The summed E-state index contributed by atoms with van der Waals surface area (Å²) in [5.74, 6) is 0.0149. The van der Waals surface area contributed by atoms with E-state index >= 15 is 0 Å². The standard InChI is InChI=1S/C26H19F3N4O2/c1-15(34)10-19-8-6-17(13-30-19)16-7-9-22-21(11-16)24-23(14-31-22)32(2)25(35)33(24)20-5-3-4-18(12-20)26(27,28)29/h3-9,11-14H,10H2,1-2H3. The van der Waals surface area contributed by atoms with Crippen LogP contribution in [-0.4, -0.2) is 24.9 Å². The van der Waals surface area contributed by atoms with E-state index in [0.717, 1.165) is 23.3 Å². The molecule has 5 aromatic rings. The van der Waals surface area contributed by atoms with Gasteiger partial charge in [-0.3, -0.25) is 23.9 Å². The fraction of sp³-hybridized carbons (Fsp3) is 0.154. The summed E-state index contributed by atoms with van der Waals surface area (Å²) in [5, 5.41) is 0.614. The minimum Gasteiger partial charge on any atom is -0.300 e. The van der Waals surface area contributed by atoms with Crippen LogP contribution in [0.1, 0.15) is 18.2 Å². The Hall–Kier alpha value is -4.27. The van der Waals surface area contributed by atoms with Crippen molar-refractivity contribution in [2.24, 2.45) is 7.05 Å². The number of halogens is 3. The minimum absolute atomic E-state index is 0.0149. The zero-order chi connectivity index (χ0) is 24.9. The molecule has 176 valence electrons. The second-order valence-corrected chi connectivity index (χ2v) is 8.37. The maximum Gasteiger partial charge on any atom is 0.416 e. The van der Waals surface area contributed by atoms with Crippen LogP contribution in [-0.2, 0) is 24.4 Å². The van der Waals surface area contributed by atoms with Crippen LogP contribution >= 0.6 is 0 Å². The van der Waals surface area contributed by atoms with Crippen LogP contribution in [0, 0.1) is 0 Å². The number of benzene rings is 2. The number of aryl methyl sites for hydroxylation is 1. The normalized spacial score (nSPS) is 11.9. The molecule has 0 aliphatic heterocycles. The van der Waals surface area contributed by atoms with Gasteiger partial charge in [-0.2, -0.15) is 13.2 Å². The summed E-state index contributed by atoms with van der Waals surface area (Å²) in [5.41, 5.74) is 2.59. The van der Waals surface area contributed by atoms with E-state index in [0.29, 0.717) is 27.6 Å². The van der Waals surface area contributed by atoms with Crippen molar-refractivity contribution in [3.05, 3.63) is 88.7 Å². The molecule has 2 aromatic carbocycles. The molecule has 0 bridgehead atoms. The number of hydrogen-bond acceptors (Lipinski definition) is 4. The molecule has 9 heteroatoms. The molecule has 6 nitrogen and oxygen atoms in total. The molecule has 0 saturated carbocycles. The van der Waals surface area contributed by atoms with E-state index in [9.17, 15) is 22.8 Å². The van der Waals surface area contributed by atoms with Crippen molar-refractivity contribution in [1.82, 2.24) is 19.1 Å². The quantitative estimate of drug-likeness (QED) is 0.362. The lowest BCUT2D eigenvalue weighted by atomic mass is 10.0. The lowest BCUT2D eigenvalue weighted by molar-refractivity contribution is -0.137. The summed E-state index contributed by atoms with van der Waals surface area (Å²) in [6.07, 6.45) is -1.09. The van der Waals surface area contributed by atoms with Gasteiger partial charge in [-0.1, -0.05) is 18.2 Å². The molecule has 3 heterocycles. The van der Waals surface area contributed by atoms with Gasteiger partial charge in [0.2, 0.25) is 0 Å². The van der Waals surface area contributed by atoms with Crippen LogP contribution in [0.4, 0.5) is 13.2 Å². The smallest absolute Gasteiger partial charge is 0.300 e. The van der Waals surface area contributed by atoms with E-state index in [2.05, 4.69) is 9.97 Å². The number of carbonyl (C=O) groups is 1. The zero-order valence-corrected chi connectivity index (χ0v) is 18.8. The molecular formula is C26H19F3N4O2. The van der Waals surface area contributed by atoms with Crippen LogP contribution in [0.5, 0.6) is 0 Å². The molecular weight excluding hydrogens is 457 g/mol. The number of ketones is 1. The molecule has 0 unspecified atom stereocenters. The van der Waals surface area contributed by atoms with E-state index in [1.54, 1.807) is 31.6 Å². The number of aromatic nitrogens is 4. The Balaban J connectivity index is 1.74. The number of imidazole rings is 1. The topological polar surface area (TPSA) is 69.8 Å². The van der Waals surface area contributed by atoms with Crippen LogP contribution in [0.15, 0.2) is 71.8 Å². The molecule has 0 saturated heterocycles. The summed E-state index contributed by atoms with van der Waals surface area (Å²) in [6, 6.07) is 13.8. The fourth-order valence-electron chi connectivity index (χ4n) is 4.19. The van der Waals surface area contributed by atoms with Crippen molar-refractivity contribution in [2.45, 2.75) is 19.5 Å². The van der Waals surface area contributed by atoms with Crippen molar-refractivity contribution in [2.75, 3.05) is 0 Å². The van der Waals surface area contributed by atoms with Crippen molar-refractivity contribution < 1.29 is 18.0 Å². The first-order chi connectivity index (χ1) is 16.6. The Morgan fingerprint density at radius 3 is 2.43 bits per heavy atom. The molecule has 3 aromatic heterocycles. The third kappa shape index (κ3) is 3.99. The third-order valence-electron chi connectivity index (χ3n) is 5.90. The maximum absolute atomic E-state index is 13.4. The average molecular weight is 476 g/mol. The maximum atomic E-state index is 13.4. The Kier molecular flexibility index (Phi) is 5.27. The highest BCUT2D eigenvalue weighted by atomic mass is 19.4. The molecule has 0 N–H and O–H groups in total. The first-order valence-electron chi connectivity index (χ1n) is 10.8. The van der Waals surface area contributed by atoms with E-state index in [1.807, 2.05) is 18.2 Å². The summed E-state index contributed by atoms with van der Waals surface area (Å²) < 4.78 is 42.8. The van der Waals surface area contributed by atoms with Crippen LogP contribution < -0.4 is 5.69 Å². The molecule has 5 rings (SSSR count). The van der Waals surface area contributed by atoms with Gasteiger partial charge in [0.05, 0.1) is 34.0 Å². The van der Waals surface area contributed by atoms with Crippen molar-refractivity contribution in [3.8, 4) is 16.8 Å². The van der Waals surface area contributed by atoms with Gasteiger partial charge in [0, 0.05) is 36.3 Å². The summed E-state index contributed by atoms with van der Waals surface area (Å²) >= 11 is 0. The predicted octanol–water partition coefficient (Wildman–Crippen LogP) is 5.09. The van der Waals surface area contributed by atoms with Crippen molar-refractivity contribution >= 4 is 27.7 Å². The summed E-state index contributed by atoms with van der Waals surface area (Å²) in [6.45, 7) is 1.50. The predicted molar refractivity (Wildman–Crippen MR) is 126 cm³/mol. The fourth-order valence-corrected chi connectivity index (χ4v) is 4.19. The monoisotopic (exact) mass is 476 g/mol. The second-order valence-electron chi connectivity index (χ2n) is 8.37. The van der Waals surface area contributed by atoms with Crippen molar-refractivity contribution in [3.63, 3.8) is 0 Å². The van der Waals surface area contributed by atoms with Gasteiger partial charge in [0.15, 0.2) is 0 Å². The van der Waals surface area contributed by atoms with Crippen LogP contribution in [0.25, 0.3) is 38.8 Å². The number of nitrogens with zero attached hydrogens (tertiary/aromatic N) is 4. The number of carbonyl (C=O) groups excluding carboxylic acids is 1. The van der Waals surface area contributed by atoms with Gasteiger partial charge in [-0.05, 0) is 48.9 Å². The number of Topliss-reactive ketones (excluding diaryl/α,β-unsaturated/α-hetero) is 1. The Morgan fingerprint density at radius 2 is 1.74 bits per heavy atom. The highest BCUT2D eigenvalue weighted by molar-refractivity contribution is 6.04. The van der Waals surface area contributed by atoms with Gasteiger partial charge < -0.3 is 0 Å². The molecule has 0 aliphatic rings. The summed E-state index contributed by atoms with van der Waals surface area (Å²) in [7, 11) is 1.56. The van der Waals surface area contributed by atoms with Gasteiger partial charge in [0.1, 0.15) is 5.78 Å².